The lowest BCUT2D eigenvalue weighted by Gasteiger charge is -2.32. The summed E-state index contributed by atoms with van der Waals surface area (Å²) < 4.78 is 37.4. The number of alkyl halides is 3. The number of amides is 2. The summed E-state index contributed by atoms with van der Waals surface area (Å²) in [5, 5.41) is 2.83. The number of benzene rings is 2. The fourth-order valence-electron chi connectivity index (χ4n) is 3.12. The Morgan fingerprint density at radius 3 is 2.00 bits per heavy atom. The van der Waals surface area contributed by atoms with E-state index < -0.39 is 12.1 Å². The molecule has 0 spiro atoms. The Morgan fingerprint density at radius 1 is 0.889 bits per heavy atom. The number of rotatable bonds is 3. The van der Waals surface area contributed by atoms with E-state index in [0.717, 1.165) is 16.0 Å². The van der Waals surface area contributed by atoms with E-state index in [2.05, 4.69) is 5.32 Å². The predicted molar refractivity (Wildman–Crippen MR) is 95.0 cm³/mol. The molecule has 2 aromatic rings. The van der Waals surface area contributed by atoms with Crippen molar-refractivity contribution in [2.45, 2.75) is 25.1 Å². The molecule has 1 aliphatic heterocycles. The molecule has 142 valence electrons. The summed E-state index contributed by atoms with van der Waals surface area (Å²) in [6.45, 7) is -0.0352. The van der Waals surface area contributed by atoms with Gasteiger partial charge in [0.1, 0.15) is 0 Å². The second-order valence-corrected chi connectivity index (χ2v) is 6.48. The average molecular weight is 376 g/mol. The van der Waals surface area contributed by atoms with Gasteiger partial charge in [0.25, 0.3) is 5.91 Å². The second kappa shape index (κ2) is 7.82. The van der Waals surface area contributed by atoms with Crippen molar-refractivity contribution in [1.29, 1.82) is 0 Å². The predicted octanol–water partition coefficient (Wildman–Crippen LogP) is 3.64. The molecule has 1 aliphatic rings. The summed E-state index contributed by atoms with van der Waals surface area (Å²) in [4.78, 5) is 24.4. The van der Waals surface area contributed by atoms with Crippen LogP contribution in [0.1, 0.15) is 23.2 Å². The molecule has 0 aliphatic carbocycles. The Hall–Kier alpha value is -2.83. The van der Waals surface area contributed by atoms with E-state index in [1.807, 2.05) is 42.5 Å². The molecule has 3 rings (SSSR count). The highest BCUT2D eigenvalue weighted by Crippen LogP contribution is 2.22. The monoisotopic (exact) mass is 376 g/mol. The number of hydrogen-bond acceptors (Lipinski definition) is 2. The molecular weight excluding hydrogens is 357 g/mol. The van der Waals surface area contributed by atoms with Crippen LogP contribution < -0.4 is 5.32 Å². The summed E-state index contributed by atoms with van der Waals surface area (Å²) in [6.07, 6.45) is -4.25. The molecular formula is C20H19F3N2O2. The summed E-state index contributed by atoms with van der Waals surface area (Å²) in [5.74, 6) is -2.08. The highest BCUT2D eigenvalue weighted by Gasteiger charge is 2.43. The first-order chi connectivity index (χ1) is 12.8. The van der Waals surface area contributed by atoms with Gasteiger partial charge in [0.15, 0.2) is 0 Å². The molecule has 0 aromatic heterocycles. The lowest BCUT2D eigenvalue weighted by atomic mass is 10.0. The highest BCUT2D eigenvalue weighted by molar-refractivity contribution is 5.95. The maximum absolute atomic E-state index is 12.5. The van der Waals surface area contributed by atoms with Crippen LogP contribution in [-0.4, -0.2) is 42.0 Å². The third-order valence-electron chi connectivity index (χ3n) is 4.61. The van der Waals surface area contributed by atoms with E-state index in [1.165, 1.54) is 0 Å². The van der Waals surface area contributed by atoms with E-state index >= 15 is 0 Å². The Balaban J connectivity index is 1.55. The van der Waals surface area contributed by atoms with Gasteiger partial charge in [-0.3, -0.25) is 9.59 Å². The molecule has 0 unspecified atom stereocenters. The summed E-state index contributed by atoms with van der Waals surface area (Å²) >= 11 is 0. The molecule has 0 radical (unpaired) electrons. The highest BCUT2D eigenvalue weighted by atomic mass is 19.4. The molecule has 2 aromatic carbocycles. The fraction of sp³-hybridized carbons (Fsp3) is 0.300. The maximum Gasteiger partial charge on any atom is 0.471 e. The van der Waals surface area contributed by atoms with Gasteiger partial charge in [-0.25, -0.2) is 0 Å². The molecule has 0 saturated carbocycles. The van der Waals surface area contributed by atoms with Gasteiger partial charge in [-0.05, 0) is 36.1 Å². The normalized spacial score (nSPS) is 15.4. The van der Waals surface area contributed by atoms with E-state index in [4.69, 9.17) is 0 Å². The number of piperidine rings is 1. The lowest BCUT2D eigenvalue weighted by Crippen LogP contribution is -2.50. The summed E-state index contributed by atoms with van der Waals surface area (Å²) in [7, 11) is 0. The van der Waals surface area contributed by atoms with Gasteiger partial charge in [0.05, 0.1) is 0 Å². The summed E-state index contributed by atoms with van der Waals surface area (Å²) in [6, 6.07) is 16.7. The number of nitrogens with one attached hydrogen (secondary N) is 1. The van der Waals surface area contributed by atoms with Gasteiger partial charge in [0, 0.05) is 24.7 Å². The van der Waals surface area contributed by atoms with Gasteiger partial charge in [-0.1, -0.05) is 42.5 Å². The third-order valence-corrected chi connectivity index (χ3v) is 4.61. The van der Waals surface area contributed by atoms with Crippen molar-refractivity contribution in [1.82, 2.24) is 10.2 Å². The first-order valence-electron chi connectivity index (χ1n) is 8.67. The van der Waals surface area contributed by atoms with Gasteiger partial charge >= 0.3 is 12.1 Å². The minimum atomic E-state index is -4.85. The second-order valence-electron chi connectivity index (χ2n) is 6.48. The Labute approximate surface area is 155 Å². The minimum Gasteiger partial charge on any atom is -0.349 e. The number of hydrogen-bond donors (Lipinski definition) is 1. The fourth-order valence-corrected chi connectivity index (χ4v) is 3.12. The lowest BCUT2D eigenvalue weighted by molar-refractivity contribution is -0.186. The Bertz CT molecular complexity index is 796. The molecule has 4 nitrogen and oxygen atoms in total. The van der Waals surface area contributed by atoms with Gasteiger partial charge < -0.3 is 10.2 Å². The van der Waals surface area contributed by atoms with Crippen LogP contribution in [0.4, 0.5) is 13.2 Å². The number of nitrogens with zero attached hydrogens (tertiary/aromatic N) is 1. The van der Waals surface area contributed by atoms with Crippen LogP contribution in [0.3, 0.4) is 0 Å². The van der Waals surface area contributed by atoms with Crippen molar-refractivity contribution in [2.24, 2.45) is 0 Å². The van der Waals surface area contributed by atoms with Crippen molar-refractivity contribution in [3.05, 3.63) is 60.2 Å². The molecule has 1 N–H and O–H groups in total. The van der Waals surface area contributed by atoms with E-state index in [9.17, 15) is 22.8 Å². The number of halogens is 3. The molecule has 7 heteroatoms. The van der Waals surface area contributed by atoms with Crippen LogP contribution >= 0.6 is 0 Å². The van der Waals surface area contributed by atoms with E-state index in [0.29, 0.717) is 18.4 Å². The molecule has 0 atom stereocenters. The molecule has 0 bridgehead atoms. The van der Waals surface area contributed by atoms with Crippen LogP contribution in [-0.2, 0) is 4.79 Å². The zero-order valence-corrected chi connectivity index (χ0v) is 14.5. The van der Waals surface area contributed by atoms with Gasteiger partial charge in [-0.2, -0.15) is 13.2 Å². The SMILES string of the molecule is O=C(NC1CCN(C(=O)C(F)(F)F)CC1)c1ccc(-c2ccccc2)cc1. The van der Waals surface area contributed by atoms with Crippen molar-refractivity contribution < 1.29 is 22.8 Å². The number of likely N-dealkylation sites (tertiary alicyclic amines) is 1. The Kier molecular flexibility index (Phi) is 5.48. The van der Waals surface area contributed by atoms with Crippen LogP contribution in [0.2, 0.25) is 0 Å². The molecule has 1 fully saturated rings. The van der Waals surface area contributed by atoms with Crippen molar-refractivity contribution in [3.8, 4) is 11.1 Å². The molecule has 1 saturated heterocycles. The summed E-state index contributed by atoms with van der Waals surface area (Å²) in [5.41, 5.74) is 2.53. The van der Waals surface area contributed by atoms with Crippen LogP contribution in [0, 0.1) is 0 Å². The van der Waals surface area contributed by atoms with Crippen LogP contribution in [0.15, 0.2) is 54.6 Å². The quantitative estimate of drug-likeness (QED) is 0.889. The first-order valence-corrected chi connectivity index (χ1v) is 8.67. The first kappa shape index (κ1) is 18.9. The largest absolute Gasteiger partial charge is 0.471 e. The van der Waals surface area contributed by atoms with E-state index in [-0.39, 0.29) is 25.0 Å². The average Bonchev–Trinajstić information content (AvgIpc) is 2.68. The van der Waals surface area contributed by atoms with Gasteiger partial charge in [0.2, 0.25) is 0 Å². The van der Waals surface area contributed by atoms with Crippen LogP contribution in [0.5, 0.6) is 0 Å². The van der Waals surface area contributed by atoms with Crippen molar-refractivity contribution in [3.63, 3.8) is 0 Å². The molecule has 1 heterocycles. The standard InChI is InChI=1S/C20H19F3N2O2/c21-20(22,23)19(27)25-12-10-17(11-13-25)24-18(26)16-8-6-15(7-9-16)14-4-2-1-3-5-14/h1-9,17H,10-13H2,(H,24,26). The van der Waals surface area contributed by atoms with Gasteiger partial charge in [-0.15, -0.1) is 0 Å². The zero-order chi connectivity index (χ0) is 19.4. The molecule has 27 heavy (non-hydrogen) atoms. The third kappa shape index (κ3) is 4.67. The number of carbonyl (C=O) groups excluding carboxylic acids is 2. The maximum atomic E-state index is 12.5. The van der Waals surface area contributed by atoms with Crippen molar-refractivity contribution in [2.75, 3.05) is 13.1 Å². The van der Waals surface area contributed by atoms with Crippen LogP contribution in [0.25, 0.3) is 11.1 Å². The smallest absolute Gasteiger partial charge is 0.349 e. The Morgan fingerprint density at radius 2 is 1.44 bits per heavy atom. The zero-order valence-electron chi connectivity index (χ0n) is 14.5. The van der Waals surface area contributed by atoms with E-state index in [1.54, 1.807) is 12.1 Å². The molecule has 2 amide bonds. The van der Waals surface area contributed by atoms with Crippen molar-refractivity contribution >= 4 is 11.8 Å². The minimum absolute atomic E-state index is 0.0176. The number of carbonyl (C=O) groups is 2. The topological polar surface area (TPSA) is 49.4 Å².